The third-order valence-corrected chi connectivity index (χ3v) is 2.54. The average molecular weight is 291 g/mol. The summed E-state index contributed by atoms with van der Waals surface area (Å²) < 4.78 is 26.0. The molecule has 10 heteroatoms. The predicted octanol–water partition coefficient (Wildman–Crippen LogP) is 0.0429. The molecule has 0 aliphatic carbocycles. The SMILES string of the molecule is CCN(CC)c1nc(NN)nc(NCC(F)(F)CO)n1. The van der Waals surface area contributed by atoms with Crippen molar-refractivity contribution >= 4 is 17.8 Å². The highest BCUT2D eigenvalue weighted by Crippen LogP contribution is 2.16. The zero-order valence-electron chi connectivity index (χ0n) is 11.4. The Balaban J connectivity index is 2.93. The highest BCUT2D eigenvalue weighted by Gasteiger charge is 2.27. The van der Waals surface area contributed by atoms with Gasteiger partial charge in [0, 0.05) is 13.1 Å². The Labute approximate surface area is 115 Å². The van der Waals surface area contributed by atoms with Crippen LogP contribution in [0, 0.1) is 0 Å². The van der Waals surface area contributed by atoms with Crippen LogP contribution in [0.4, 0.5) is 26.6 Å². The topological polar surface area (TPSA) is 112 Å². The van der Waals surface area contributed by atoms with E-state index in [9.17, 15) is 8.78 Å². The zero-order valence-corrected chi connectivity index (χ0v) is 11.4. The number of nitrogens with two attached hydrogens (primary N) is 1. The van der Waals surface area contributed by atoms with Gasteiger partial charge in [0.1, 0.15) is 6.61 Å². The molecule has 0 atom stereocenters. The highest BCUT2D eigenvalue weighted by molar-refractivity contribution is 5.43. The summed E-state index contributed by atoms with van der Waals surface area (Å²) in [6.07, 6.45) is 0. The van der Waals surface area contributed by atoms with Gasteiger partial charge in [0.2, 0.25) is 17.8 Å². The smallest absolute Gasteiger partial charge is 0.287 e. The monoisotopic (exact) mass is 291 g/mol. The third-order valence-electron chi connectivity index (χ3n) is 2.54. The number of halogens is 2. The van der Waals surface area contributed by atoms with Crippen LogP contribution in [0.25, 0.3) is 0 Å². The Hall–Kier alpha value is -1.81. The van der Waals surface area contributed by atoms with Crippen molar-refractivity contribution in [3.05, 3.63) is 0 Å². The summed E-state index contributed by atoms with van der Waals surface area (Å²) >= 11 is 0. The van der Waals surface area contributed by atoms with Crippen molar-refractivity contribution < 1.29 is 13.9 Å². The van der Waals surface area contributed by atoms with E-state index in [2.05, 4.69) is 25.7 Å². The normalized spacial score (nSPS) is 11.3. The van der Waals surface area contributed by atoms with E-state index in [-0.39, 0.29) is 11.9 Å². The molecule has 0 aliphatic rings. The molecule has 0 saturated carbocycles. The second-order valence-electron chi connectivity index (χ2n) is 3.97. The standard InChI is InChI=1S/C10H19F2N7O/c1-3-19(4-2)9-16-7(15-8(17-9)18-13)14-5-10(11,12)6-20/h20H,3-6,13H2,1-2H3,(H2,14,15,16,17,18). The maximum Gasteiger partial charge on any atom is 0.287 e. The molecule has 0 aromatic carbocycles. The van der Waals surface area contributed by atoms with Crippen LogP contribution in [0.5, 0.6) is 0 Å². The molecule has 0 spiro atoms. The Morgan fingerprint density at radius 2 is 1.80 bits per heavy atom. The van der Waals surface area contributed by atoms with Gasteiger partial charge in [-0.2, -0.15) is 15.0 Å². The molecule has 0 amide bonds. The molecule has 0 aliphatic heterocycles. The van der Waals surface area contributed by atoms with Crippen molar-refractivity contribution in [1.29, 1.82) is 0 Å². The van der Waals surface area contributed by atoms with E-state index in [0.717, 1.165) is 0 Å². The van der Waals surface area contributed by atoms with Crippen molar-refractivity contribution in [3.8, 4) is 0 Å². The number of rotatable bonds is 8. The highest BCUT2D eigenvalue weighted by atomic mass is 19.3. The summed E-state index contributed by atoms with van der Waals surface area (Å²) in [6.45, 7) is 3.09. The molecule has 0 fully saturated rings. The lowest BCUT2D eigenvalue weighted by molar-refractivity contribution is -0.0374. The number of hydrogen-bond acceptors (Lipinski definition) is 8. The van der Waals surface area contributed by atoms with Crippen LogP contribution in [-0.4, -0.2) is 52.2 Å². The van der Waals surface area contributed by atoms with Gasteiger partial charge in [0.15, 0.2) is 0 Å². The van der Waals surface area contributed by atoms with E-state index >= 15 is 0 Å². The van der Waals surface area contributed by atoms with Gasteiger partial charge in [-0.3, -0.25) is 5.43 Å². The predicted molar refractivity (Wildman–Crippen MR) is 71.7 cm³/mol. The van der Waals surface area contributed by atoms with Gasteiger partial charge in [0.25, 0.3) is 5.92 Å². The number of aliphatic hydroxyl groups is 1. The second-order valence-corrected chi connectivity index (χ2v) is 3.97. The van der Waals surface area contributed by atoms with E-state index in [4.69, 9.17) is 10.9 Å². The first-order valence-electron chi connectivity index (χ1n) is 6.16. The van der Waals surface area contributed by atoms with Crippen LogP contribution in [-0.2, 0) is 0 Å². The van der Waals surface area contributed by atoms with E-state index in [0.29, 0.717) is 19.0 Å². The summed E-state index contributed by atoms with van der Waals surface area (Å²) in [5, 5.41) is 10.9. The summed E-state index contributed by atoms with van der Waals surface area (Å²) in [4.78, 5) is 13.7. The van der Waals surface area contributed by atoms with Gasteiger partial charge in [-0.05, 0) is 13.8 Å². The third kappa shape index (κ3) is 4.38. The van der Waals surface area contributed by atoms with Crippen LogP contribution < -0.4 is 21.5 Å². The van der Waals surface area contributed by atoms with Crippen molar-refractivity contribution in [3.63, 3.8) is 0 Å². The first kappa shape index (κ1) is 16.2. The fraction of sp³-hybridized carbons (Fsp3) is 0.700. The minimum Gasteiger partial charge on any atom is -0.390 e. The van der Waals surface area contributed by atoms with Gasteiger partial charge in [-0.15, -0.1) is 0 Å². The lowest BCUT2D eigenvalue weighted by Crippen LogP contribution is -2.32. The molecule has 1 heterocycles. The number of aromatic nitrogens is 3. The van der Waals surface area contributed by atoms with Crippen molar-refractivity contribution in [2.24, 2.45) is 5.84 Å². The second kappa shape index (κ2) is 7.10. The quantitative estimate of drug-likeness (QED) is 0.392. The van der Waals surface area contributed by atoms with Gasteiger partial charge < -0.3 is 15.3 Å². The first-order valence-corrected chi connectivity index (χ1v) is 6.16. The molecular formula is C10H19F2N7O. The Bertz CT molecular complexity index is 428. The van der Waals surface area contributed by atoms with Crippen molar-refractivity contribution in [2.45, 2.75) is 19.8 Å². The molecule has 20 heavy (non-hydrogen) atoms. The molecule has 1 aromatic heterocycles. The van der Waals surface area contributed by atoms with Gasteiger partial charge in [0.05, 0.1) is 6.54 Å². The van der Waals surface area contributed by atoms with Gasteiger partial charge >= 0.3 is 0 Å². The molecule has 5 N–H and O–H groups in total. The Kier molecular flexibility index (Phi) is 5.77. The Morgan fingerprint density at radius 1 is 1.20 bits per heavy atom. The number of aliphatic hydroxyl groups excluding tert-OH is 1. The minimum atomic E-state index is -3.25. The number of hydrazine groups is 1. The van der Waals surface area contributed by atoms with E-state index in [1.165, 1.54) is 0 Å². The molecule has 8 nitrogen and oxygen atoms in total. The molecule has 1 rings (SSSR count). The Morgan fingerprint density at radius 3 is 2.30 bits per heavy atom. The van der Waals surface area contributed by atoms with Crippen LogP contribution in [0.3, 0.4) is 0 Å². The average Bonchev–Trinajstić information content (AvgIpc) is 2.46. The van der Waals surface area contributed by atoms with Crippen LogP contribution in [0.1, 0.15) is 13.8 Å². The molecule has 0 unspecified atom stereocenters. The van der Waals surface area contributed by atoms with E-state index in [1.807, 2.05) is 18.7 Å². The van der Waals surface area contributed by atoms with Gasteiger partial charge in [-0.1, -0.05) is 0 Å². The number of nitrogen functional groups attached to an aromatic ring is 1. The molecule has 1 aromatic rings. The van der Waals surface area contributed by atoms with Crippen LogP contribution in [0.15, 0.2) is 0 Å². The summed E-state index contributed by atoms with van der Waals surface area (Å²) in [5.74, 6) is 2.34. The number of hydrogen-bond donors (Lipinski definition) is 4. The van der Waals surface area contributed by atoms with Crippen LogP contribution in [0.2, 0.25) is 0 Å². The lowest BCUT2D eigenvalue weighted by Gasteiger charge is -2.20. The number of alkyl halides is 2. The first-order chi connectivity index (χ1) is 9.45. The maximum atomic E-state index is 13.0. The van der Waals surface area contributed by atoms with Gasteiger partial charge in [-0.25, -0.2) is 14.6 Å². The maximum absolute atomic E-state index is 13.0. The fourth-order valence-electron chi connectivity index (χ4n) is 1.42. The van der Waals surface area contributed by atoms with Crippen LogP contribution >= 0.6 is 0 Å². The summed E-state index contributed by atoms with van der Waals surface area (Å²) in [5.41, 5.74) is 2.26. The molecular weight excluding hydrogens is 272 g/mol. The van der Waals surface area contributed by atoms with E-state index < -0.39 is 19.1 Å². The number of anilines is 3. The number of nitrogens with one attached hydrogen (secondary N) is 2. The zero-order chi connectivity index (χ0) is 15.2. The molecule has 0 bridgehead atoms. The van der Waals surface area contributed by atoms with Crippen molar-refractivity contribution in [1.82, 2.24) is 15.0 Å². The molecule has 114 valence electrons. The summed E-state index contributed by atoms with van der Waals surface area (Å²) in [7, 11) is 0. The molecule has 0 saturated heterocycles. The minimum absolute atomic E-state index is 0.0389. The lowest BCUT2D eigenvalue weighted by atomic mass is 10.3. The fourth-order valence-corrected chi connectivity index (χ4v) is 1.42. The molecule has 0 radical (unpaired) electrons. The van der Waals surface area contributed by atoms with Crippen molar-refractivity contribution in [2.75, 3.05) is 41.9 Å². The largest absolute Gasteiger partial charge is 0.390 e. The summed E-state index contributed by atoms with van der Waals surface area (Å²) in [6, 6.07) is 0. The van der Waals surface area contributed by atoms with E-state index in [1.54, 1.807) is 0 Å². The number of nitrogens with zero attached hydrogens (tertiary/aromatic N) is 4.